The molecule has 1 aliphatic rings. The molecule has 0 aliphatic carbocycles. The number of para-hydroxylation sites is 1. The van der Waals surface area contributed by atoms with Crippen molar-refractivity contribution in [1.82, 2.24) is 10.0 Å². The third-order valence-electron chi connectivity index (χ3n) is 3.52. The van der Waals surface area contributed by atoms with Gasteiger partial charge in [0.15, 0.2) is 0 Å². The SMILES string of the molecule is CC(=O)N1[C@@H](Nc2ccccc2)C[C@@H](C)N1C(C)C. The number of nitrogens with zero attached hydrogens (tertiary/aromatic N) is 2. The van der Waals surface area contributed by atoms with Gasteiger partial charge in [0.05, 0.1) is 0 Å². The first-order chi connectivity index (χ1) is 9.00. The van der Waals surface area contributed by atoms with Crippen molar-refractivity contribution in [2.45, 2.75) is 52.4 Å². The van der Waals surface area contributed by atoms with Crippen LogP contribution in [0.5, 0.6) is 0 Å². The van der Waals surface area contributed by atoms with Gasteiger partial charge in [0, 0.05) is 31.1 Å². The van der Waals surface area contributed by atoms with Gasteiger partial charge in [-0.2, -0.15) is 0 Å². The maximum atomic E-state index is 12.0. The van der Waals surface area contributed by atoms with E-state index in [9.17, 15) is 4.79 Å². The van der Waals surface area contributed by atoms with Gasteiger partial charge in [0.2, 0.25) is 5.91 Å². The Bertz CT molecular complexity index is 432. The highest BCUT2D eigenvalue weighted by atomic mass is 16.2. The largest absolute Gasteiger partial charge is 0.364 e. The number of carbonyl (C=O) groups is 1. The maximum Gasteiger partial charge on any atom is 0.235 e. The summed E-state index contributed by atoms with van der Waals surface area (Å²) in [6.45, 7) is 8.05. The first-order valence-corrected chi connectivity index (χ1v) is 6.90. The molecule has 0 aromatic heterocycles. The Morgan fingerprint density at radius 2 is 1.95 bits per heavy atom. The molecule has 1 amide bonds. The smallest absolute Gasteiger partial charge is 0.235 e. The Morgan fingerprint density at radius 1 is 1.32 bits per heavy atom. The molecular formula is C15H23N3O. The average molecular weight is 261 g/mol. The van der Waals surface area contributed by atoms with Gasteiger partial charge in [0.25, 0.3) is 0 Å². The normalized spacial score (nSPS) is 23.9. The molecule has 19 heavy (non-hydrogen) atoms. The highest BCUT2D eigenvalue weighted by molar-refractivity contribution is 5.74. The van der Waals surface area contributed by atoms with Gasteiger partial charge in [-0.3, -0.25) is 9.80 Å². The Hall–Kier alpha value is -1.55. The first-order valence-electron chi connectivity index (χ1n) is 6.90. The molecule has 4 heteroatoms. The lowest BCUT2D eigenvalue weighted by Crippen LogP contribution is -2.51. The van der Waals surface area contributed by atoms with Crippen LogP contribution in [0.3, 0.4) is 0 Å². The number of amides is 1. The van der Waals surface area contributed by atoms with Crippen molar-refractivity contribution in [2.75, 3.05) is 5.32 Å². The Labute approximate surface area is 115 Å². The number of hydrazine groups is 1. The number of hydrogen-bond acceptors (Lipinski definition) is 3. The zero-order chi connectivity index (χ0) is 14.0. The molecule has 0 spiro atoms. The van der Waals surface area contributed by atoms with Crippen LogP contribution in [-0.2, 0) is 4.79 Å². The summed E-state index contributed by atoms with van der Waals surface area (Å²) in [5.41, 5.74) is 1.05. The number of rotatable bonds is 3. The molecule has 0 unspecified atom stereocenters. The van der Waals surface area contributed by atoms with E-state index in [0.717, 1.165) is 12.1 Å². The fourth-order valence-electron chi connectivity index (χ4n) is 2.89. The van der Waals surface area contributed by atoms with Crippen molar-refractivity contribution in [3.05, 3.63) is 30.3 Å². The second-order valence-corrected chi connectivity index (χ2v) is 5.45. The highest BCUT2D eigenvalue weighted by Gasteiger charge is 2.39. The zero-order valence-corrected chi connectivity index (χ0v) is 12.1. The predicted molar refractivity (Wildman–Crippen MR) is 77.4 cm³/mol. The van der Waals surface area contributed by atoms with Gasteiger partial charge in [-0.1, -0.05) is 18.2 Å². The lowest BCUT2D eigenvalue weighted by Gasteiger charge is -2.36. The molecule has 1 saturated heterocycles. The highest BCUT2D eigenvalue weighted by Crippen LogP contribution is 2.28. The fourth-order valence-corrected chi connectivity index (χ4v) is 2.89. The van der Waals surface area contributed by atoms with E-state index in [1.807, 2.05) is 35.3 Å². The van der Waals surface area contributed by atoms with Crippen LogP contribution < -0.4 is 5.32 Å². The molecule has 4 nitrogen and oxygen atoms in total. The maximum absolute atomic E-state index is 12.0. The van der Waals surface area contributed by atoms with E-state index in [1.165, 1.54) is 0 Å². The second kappa shape index (κ2) is 5.61. The van der Waals surface area contributed by atoms with Crippen LogP contribution in [0.4, 0.5) is 5.69 Å². The predicted octanol–water partition coefficient (Wildman–Crippen LogP) is 2.69. The molecule has 1 fully saturated rings. The van der Waals surface area contributed by atoms with E-state index >= 15 is 0 Å². The summed E-state index contributed by atoms with van der Waals surface area (Å²) in [5.74, 6) is 0.0893. The monoisotopic (exact) mass is 261 g/mol. The van der Waals surface area contributed by atoms with Crippen molar-refractivity contribution in [1.29, 1.82) is 0 Å². The van der Waals surface area contributed by atoms with Crippen LogP contribution in [0.25, 0.3) is 0 Å². The van der Waals surface area contributed by atoms with Crippen LogP contribution >= 0.6 is 0 Å². The van der Waals surface area contributed by atoms with Crippen molar-refractivity contribution in [2.24, 2.45) is 0 Å². The van der Waals surface area contributed by atoms with Gasteiger partial charge in [-0.25, -0.2) is 5.01 Å². The van der Waals surface area contributed by atoms with Gasteiger partial charge in [0.1, 0.15) is 6.17 Å². The Balaban J connectivity index is 2.18. The number of nitrogens with one attached hydrogen (secondary N) is 1. The van der Waals surface area contributed by atoms with Crippen molar-refractivity contribution >= 4 is 11.6 Å². The Morgan fingerprint density at radius 3 is 2.47 bits per heavy atom. The summed E-state index contributed by atoms with van der Waals surface area (Å²) in [6, 6.07) is 10.7. The second-order valence-electron chi connectivity index (χ2n) is 5.45. The lowest BCUT2D eigenvalue weighted by molar-refractivity contribution is -0.149. The number of anilines is 1. The van der Waals surface area contributed by atoms with Gasteiger partial charge in [-0.15, -0.1) is 0 Å². The molecule has 1 N–H and O–H groups in total. The summed E-state index contributed by atoms with van der Waals surface area (Å²) in [7, 11) is 0. The van der Waals surface area contributed by atoms with Gasteiger partial charge >= 0.3 is 0 Å². The molecule has 2 atom stereocenters. The minimum Gasteiger partial charge on any atom is -0.364 e. The lowest BCUT2D eigenvalue weighted by atomic mass is 10.2. The average Bonchev–Trinajstić information content (AvgIpc) is 2.67. The van der Waals surface area contributed by atoms with Gasteiger partial charge in [-0.05, 0) is 32.9 Å². The molecule has 0 radical (unpaired) electrons. The molecule has 1 aliphatic heterocycles. The summed E-state index contributed by atoms with van der Waals surface area (Å²) >= 11 is 0. The fraction of sp³-hybridized carbons (Fsp3) is 0.533. The summed E-state index contributed by atoms with van der Waals surface area (Å²) in [6.07, 6.45) is 0.976. The number of benzene rings is 1. The van der Waals surface area contributed by atoms with Crippen LogP contribution in [0, 0.1) is 0 Å². The quantitative estimate of drug-likeness (QED) is 0.908. The van der Waals surface area contributed by atoms with Crippen molar-refractivity contribution in [3.8, 4) is 0 Å². The van der Waals surface area contributed by atoms with Crippen LogP contribution in [0.15, 0.2) is 30.3 Å². The standard InChI is InChI=1S/C15H23N3O/c1-11(2)17-12(3)10-15(18(17)13(4)19)16-14-8-6-5-7-9-14/h5-9,11-12,15-16H,10H2,1-4H3/t12-,15-/m1/s1. The topological polar surface area (TPSA) is 35.6 Å². The molecule has 104 valence electrons. The molecular weight excluding hydrogens is 238 g/mol. The van der Waals surface area contributed by atoms with E-state index in [2.05, 4.69) is 31.1 Å². The van der Waals surface area contributed by atoms with Crippen LogP contribution in [0.1, 0.15) is 34.1 Å². The van der Waals surface area contributed by atoms with E-state index in [4.69, 9.17) is 0 Å². The first kappa shape index (κ1) is 13.9. The summed E-state index contributed by atoms with van der Waals surface area (Å²) in [4.78, 5) is 12.0. The van der Waals surface area contributed by atoms with E-state index < -0.39 is 0 Å². The molecule has 2 rings (SSSR count). The molecule has 1 aromatic rings. The van der Waals surface area contributed by atoms with E-state index in [-0.39, 0.29) is 12.1 Å². The zero-order valence-electron chi connectivity index (χ0n) is 12.1. The molecule has 1 aromatic carbocycles. The van der Waals surface area contributed by atoms with E-state index in [0.29, 0.717) is 12.1 Å². The van der Waals surface area contributed by atoms with Gasteiger partial charge < -0.3 is 5.32 Å². The van der Waals surface area contributed by atoms with Crippen LogP contribution in [0.2, 0.25) is 0 Å². The van der Waals surface area contributed by atoms with Crippen LogP contribution in [-0.4, -0.2) is 34.2 Å². The minimum absolute atomic E-state index is 0.0392. The molecule has 0 bridgehead atoms. The molecule has 1 heterocycles. The molecule has 0 saturated carbocycles. The number of carbonyl (C=O) groups excluding carboxylic acids is 1. The summed E-state index contributed by atoms with van der Waals surface area (Å²) < 4.78 is 0. The third kappa shape index (κ3) is 2.89. The third-order valence-corrected chi connectivity index (χ3v) is 3.52. The van der Waals surface area contributed by atoms with Crippen molar-refractivity contribution < 1.29 is 4.79 Å². The minimum atomic E-state index is 0.0392. The summed E-state index contributed by atoms with van der Waals surface area (Å²) in [5, 5.41) is 7.48. The van der Waals surface area contributed by atoms with E-state index in [1.54, 1.807) is 6.92 Å². The number of hydrogen-bond donors (Lipinski definition) is 1. The van der Waals surface area contributed by atoms with Crippen molar-refractivity contribution in [3.63, 3.8) is 0 Å². The Kier molecular flexibility index (Phi) is 4.10.